The van der Waals surface area contributed by atoms with Crippen molar-refractivity contribution in [3.05, 3.63) is 53.6 Å². The number of nitrogens with one attached hydrogen (secondary N) is 1. The summed E-state index contributed by atoms with van der Waals surface area (Å²) in [5.41, 5.74) is 1.88. The molecule has 4 nitrogen and oxygen atoms in total. The Morgan fingerprint density at radius 1 is 1.24 bits per heavy atom. The molecule has 2 N–H and O–H groups in total. The van der Waals surface area contributed by atoms with E-state index in [0.29, 0.717) is 12.3 Å². The van der Waals surface area contributed by atoms with Crippen LogP contribution in [-0.4, -0.2) is 17.6 Å². The van der Waals surface area contributed by atoms with E-state index in [1.54, 1.807) is 24.3 Å². The molecule has 0 aromatic heterocycles. The van der Waals surface area contributed by atoms with Crippen LogP contribution in [-0.2, 0) is 0 Å². The number of carbonyl (C=O) groups excluding carboxylic acids is 1. The van der Waals surface area contributed by atoms with Gasteiger partial charge in [-0.2, -0.15) is 0 Å². The summed E-state index contributed by atoms with van der Waals surface area (Å²) in [4.78, 5) is 12.1. The Morgan fingerprint density at radius 2 is 2.00 bits per heavy atom. The van der Waals surface area contributed by atoms with Crippen LogP contribution in [0.15, 0.2) is 42.5 Å². The quantitative estimate of drug-likeness (QED) is 0.879. The molecule has 0 fully saturated rings. The van der Waals surface area contributed by atoms with Crippen LogP contribution in [0.4, 0.5) is 5.69 Å². The summed E-state index contributed by atoms with van der Waals surface area (Å²) >= 11 is 0. The van der Waals surface area contributed by atoms with Gasteiger partial charge in [0.1, 0.15) is 11.5 Å². The SMILES string of the molecule is CCCOc1ccc(NC(=O)c2ccccc2O)cc1C. The van der Waals surface area contributed by atoms with E-state index in [-0.39, 0.29) is 17.2 Å². The fourth-order valence-corrected chi connectivity index (χ4v) is 1.97. The molecule has 0 spiro atoms. The molecule has 21 heavy (non-hydrogen) atoms. The summed E-state index contributed by atoms with van der Waals surface area (Å²) in [5.74, 6) is 0.446. The number of phenolic OH excluding ortho intramolecular Hbond substituents is 1. The van der Waals surface area contributed by atoms with Crippen LogP contribution in [0.1, 0.15) is 29.3 Å². The van der Waals surface area contributed by atoms with Crippen molar-refractivity contribution in [2.45, 2.75) is 20.3 Å². The van der Waals surface area contributed by atoms with Crippen LogP contribution in [0.25, 0.3) is 0 Å². The Balaban J connectivity index is 2.11. The lowest BCUT2D eigenvalue weighted by atomic mass is 10.1. The van der Waals surface area contributed by atoms with Crippen LogP contribution in [0.3, 0.4) is 0 Å². The maximum absolute atomic E-state index is 12.1. The largest absolute Gasteiger partial charge is 0.507 e. The predicted octanol–water partition coefficient (Wildman–Crippen LogP) is 3.74. The molecule has 2 rings (SSSR count). The summed E-state index contributed by atoms with van der Waals surface area (Å²) in [6, 6.07) is 11.9. The molecule has 0 atom stereocenters. The number of amides is 1. The van der Waals surface area contributed by atoms with Gasteiger partial charge in [0.2, 0.25) is 0 Å². The van der Waals surface area contributed by atoms with Gasteiger partial charge in [-0.3, -0.25) is 4.79 Å². The fraction of sp³-hybridized carbons (Fsp3) is 0.235. The zero-order chi connectivity index (χ0) is 15.2. The molecule has 110 valence electrons. The van der Waals surface area contributed by atoms with Crippen LogP contribution >= 0.6 is 0 Å². The molecule has 2 aromatic carbocycles. The van der Waals surface area contributed by atoms with Crippen molar-refractivity contribution in [3.8, 4) is 11.5 Å². The Kier molecular flexibility index (Phi) is 4.82. The number of carbonyl (C=O) groups is 1. The molecule has 0 unspecified atom stereocenters. The Bertz CT molecular complexity index is 638. The second kappa shape index (κ2) is 6.79. The Hall–Kier alpha value is -2.49. The fourth-order valence-electron chi connectivity index (χ4n) is 1.97. The molecular formula is C17H19NO3. The third-order valence-corrected chi connectivity index (χ3v) is 3.04. The second-order valence-electron chi connectivity index (χ2n) is 4.80. The minimum atomic E-state index is -0.338. The zero-order valence-electron chi connectivity index (χ0n) is 12.2. The number of rotatable bonds is 5. The van der Waals surface area contributed by atoms with E-state index >= 15 is 0 Å². The number of ether oxygens (including phenoxy) is 1. The maximum Gasteiger partial charge on any atom is 0.259 e. The Labute approximate surface area is 124 Å². The van der Waals surface area contributed by atoms with Gasteiger partial charge in [-0.05, 0) is 49.2 Å². The lowest BCUT2D eigenvalue weighted by Crippen LogP contribution is -2.12. The van der Waals surface area contributed by atoms with Crippen molar-refractivity contribution < 1.29 is 14.6 Å². The van der Waals surface area contributed by atoms with Crippen molar-refractivity contribution in [2.75, 3.05) is 11.9 Å². The molecule has 0 aliphatic carbocycles. The summed E-state index contributed by atoms with van der Waals surface area (Å²) < 4.78 is 5.60. The first kappa shape index (κ1) is 14.9. The monoisotopic (exact) mass is 285 g/mol. The molecule has 0 saturated carbocycles. The first-order chi connectivity index (χ1) is 10.1. The molecular weight excluding hydrogens is 266 g/mol. The van der Waals surface area contributed by atoms with Crippen LogP contribution in [0.5, 0.6) is 11.5 Å². The summed E-state index contributed by atoms with van der Waals surface area (Å²) in [6.45, 7) is 4.65. The van der Waals surface area contributed by atoms with Gasteiger partial charge >= 0.3 is 0 Å². The first-order valence-corrected chi connectivity index (χ1v) is 6.94. The average Bonchev–Trinajstić information content (AvgIpc) is 2.47. The highest BCUT2D eigenvalue weighted by molar-refractivity contribution is 6.06. The standard InChI is InChI=1S/C17H19NO3/c1-3-10-21-16-9-8-13(11-12(16)2)18-17(20)14-6-4-5-7-15(14)19/h4-9,11,19H,3,10H2,1-2H3,(H,18,20). The van der Waals surface area contributed by atoms with Crippen molar-refractivity contribution in [3.63, 3.8) is 0 Å². The van der Waals surface area contributed by atoms with Gasteiger partial charge in [0, 0.05) is 5.69 Å². The molecule has 0 heterocycles. The minimum Gasteiger partial charge on any atom is -0.507 e. The van der Waals surface area contributed by atoms with Gasteiger partial charge < -0.3 is 15.2 Å². The van der Waals surface area contributed by atoms with E-state index in [4.69, 9.17) is 4.74 Å². The highest BCUT2D eigenvalue weighted by atomic mass is 16.5. The molecule has 2 aromatic rings. The van der Waals surface area contributed by atoms with E-state index in [1.807, 2.05) is 19.1 Å². The third kappa shape index (κ3) is 3.75. The van der Waals surface area contributed by atoms with E-state index in [2.05, 4.69) is 12.2 Å². The van der Waals surface area contributed by atoms with Gasteiger partial charge in [-0.15, -0.1) is 0 Å². The average molecular weight is 285 g/mol. The summed E-state index contributed by atoms with van der Waals surface area (Å²) in [5, 5.41) is 12.4. The molecule has 0 aliphatic heterocycles. The number of phenols is 1. The highest BCUT2D eigenvalue weighted by Crippen LogP contribution is 2.23. The lowest BCUT2D eigenvalue weighted by Gasteiger charge is -2.11. The van der Waals surface area contributed by atoms with E-state index in [0.717, 1.165) is 17.7 Å². The molecule has 1 amide bonds. The second-order valence-corrected chi connectivity index (χ2v) is 4.80. The van der Waals surface area contributed by atoms with E-state index < -0.39 is 0 Å². The Morgan fingerprint density at radius 3 is 2.67 bits per heavy atom. The number of hydrogen-bond donors (Lipinski definition) is 2. The van der Waals surface area contributed by atoms with Crippen molar-refractivity contribution >= 4 is 11.6 Å². The van der Waals surface area contributed by atoms with Crippen LogP contribution < -0.4 is 10.1 Å². The third-order valence-electron chi connectivity index (χ3n) is 3.04. The van der Waals surface area contributed by atoms with Gasteiger partial charge in [0.15, 0.2) is 0 Å². The lowest BCUT2D eigenvalue weighted by molar-refractivity contribution is 0.102. The van der Waals surface area contributed by atoms with E-state index in [9.17, 15) is 9.90 Å². The van der Waals surface area contributed by atoms with Gasteiger partial charge in [-0.1, -0.05) is 19.1 Å². The molecule has 0 aliphatic rings. The number of anilines is 1. The summed E-state index contributed by atoms with van der Waals surface area (Å²) in [7, 11) is 0. The topological polar surface area (TPSA) is 58.6 Å². The van der Waals surface area contributed by atoms with Gasteiger partial charge in [-0.25, -0.2) is 0 Å². The van der Waals surface area contributed by atoms with E-state index in [1.165, 1.54) is 6.07 Å². The maximum atomic E-state index is 12.1. The number of aryl methyl sites for hydroxylation is 1. The molecule has 4 heteroatoms. The first-order valence-electron chi connectivity index (χ1n) is 6.94. The smallest absolute Gasteiger partial charge is 0.259 e. The van der Waals surface area contributed by atoms with Crippen molar-refractivity contribution in [2.24, 2.45) is 0 Å². The predicted molar refractivity (Wildman–Crippen MR) is 83.0 cm³/mol. The molecule has 0 radical (unpaired) electrons. The zero-order valence-corrected chi connectivity index (χ0v) is 12.2. The number of hydrogen-bond acceptors (Lipinski definition) is 3. The number of para-hydroxylation sites is 1. The highest BCUT2D eigenvalue weighted by Gasteiger charge is 2.11. The number of benzene rings is 2. The molecule has 0 saturated heterocycles. The van der Waals surface area contributed by atoms with Crippen molar-refractivity contribution in [1.29, 1.82) is 0 Å². The van der Waals surface area contributed by atoms with Crippen LogP contribution in [0, 0.1) is 6.92 Å². The van der Waals surface area contributed by atoms with Gasteiger partial charge in [0.25, 0.3) is 5.91 Å². The van der Waals surface area contributed by atoms with Crippen LogP contribution in [0.2, 0.25) is 0 Å². The van der Waals surface area contributed by atoms with Crippen molar-refractivity contribution in [1.82, 2.24) is 0 Å². The number of aromatic hydroxyl groups is 1. The minimum absolute atomic E-state index is 0.0328. The summed E-state index contributed by atoms with van der Waals surface area (Å²) in [6.07, 6.45) is 0.950. The molecule has 0 bridgehead atoms. The van der Waals surface area contributed by atoms with Gasteiger partial charge in [0.05, 0.1) is 12.2 Å². The normalized spacial score (nSPS) is 10.2.